The smallest absolute Gasteiger partial charge is 0.353 e. The molecule has 0 unspecified atom stereocenters. The van der Waals surface area contributed by atoms with Crippen molar-refractivity contribution in [2.45, 2.75) is 24.4 Å². The van der Waals surface area contributed by atoms with Crippen LogP contribution >= 0.6 is 11.8 Å². The molecule has 1 saturated heterocycles. The van der Waals surface area contributed by atoms with Crippen molar-refractivity contribution in [3.63, 3.8) is 0 Å². The lowest BCUT2D eigenvalue weighted by molar-refractivity contribution is -0.124. The van der Waals surface area contributed by atoms with Gasteiger partial charge in [-0.3, -0.25) is 4.79 Å². The van der Waals surface area contributed by atoms with Crippen LogP contribution in [-0.4, -0.2) is 47.2 Å². The fourth-order valence-corrected chi connectivity index (χ4v) is 2.20. The quantitative estimate of drug-likeness (QED) is 0.754. The van der Waals surface area contributed by atoms with Gasteiger partial charge in [-0.2, -0.15) is 13.2 Å². The monoisotopic (exact) mass is 285 g/mol. The molecule has 0 aliphatic carbocycles. The highest BCUT2D eigenvalue weighted by atomic mass is 32.2. The Bertz CT molecular complexity index is 325. The zero-order valence-corrected chi connectivity index (χ0v) is 10.3. The normalized spacial score (nSPS) is 19.9. The van der Waals surface area contributed by atoms with Crippen LogP contribution in [-0.2, 0) is 4.79 Å². The van der Waals surface area contributed by atoms with Crippen LogP contribution in [0, 0.1) is 0 Å². The van der Waals surface area contributed by atoms with E-state index in [9.17, 15) is 22.8 Å². The van der Waals surface area contributed by atoms with Crippen LogP contribution < -0.4 is 11.1 Å². The van der Waals surface area contributed by atoms with Gasteiger partial charge in [-0.15, -0.1) is 0 Å². The van der Waals surface area contributed by atoms with Crippen molar-refractivity contribution in [3.05, 3.63) is 0 Å². The molecule has 1 rings (SSSR count). The Balaban J connectivity index is 2.30. The largest absolute Gasteiger partial charge is 0.441 e. The molecular weight excluding hydrogens is 271 g/mol. The Kier molecular flexibility index (Phi) is 5.12. The lowest BCUT2D eigenvalue weighted by Gasteiger charge is -2.21. The summed E-state index contributed by atoms with van der Waals surface area (Å²) in [6, 6.07) is -1.34. The van der Waals surface area contributed by atoms with Crippen LogP contribution in [0.1, 0.15) is 12.8 Å². The van der Waals surface area contributed by atoms with E-state index in [1.54, 1.807) is 0 Å². The Morgan fingerprint density at radius 1 is 1.44 bits per heavy atom. The van der Waals surface area contributed by atoms with Gasteiger partial charge in [0.2, 0.25) is 5.91 Å². The molecule has 5 nitrogen and oxygen atoms in total. The number of primary amides is 1. The van der Waals surface area contributed by atoms with E-state index in [0.29, 0.717) is 19.4 Å². The average molecular weight is 285 g/mol. The molecule has 1 aliphatic rings. The molecule has 0 spiro atoms. The molecule has 104 valence electrons. The van der Waals surface area contributed by atoms with Crippen molar-refractivity contribution in [3.8, 4) is 0 Å². The first-order valence-corrected chi connectivity index (χ1v) is 6.34. The fourth-order valence-electron chi connectivity index (χ4n) is 1.76. The maximum atomic E-state index is 11.8. The zero-order valence-electron chi connectivity index (χ0n) is 9.50. The van der Waals surface area contributed by atoms with E-state index in [1.165, 1.54) is 4.90 Å². The van der Waals surface area contributed by atoms with Gasteiger partial charge in [-0.25, -0.2) is 4.79 Å². The highest BCUT2D eigenvalue weighted by molar-refractivity contribution is 8.00. The lowest BCUT2D eigenvalue weighted by atomic mass is 10.2. The molecule has 1 aliphatic heterocycles. The molecular formula is C9H14F3N3O2S. The summed E-state index contributed by atoms with van der Waals surface area (Å²) >= 11 is -0.195. The summed E-state index contributed by atoms with van der Waals surface area (Å²) in [5.74, 6) is -0.701. The number of urea groups is 1. The molecule has 0 aromatic heterocycles. The van der Waals surface area contributed by atoms with Gasteiger partial charge in [0.05, 0.1) is 0 Å². The van der Waals surface area contributed by atoms with E-state index in [1.807, 2.05) is 0 Å². The number of nitrogens with two attached hydrogens (primary N) is 1. The molecule has 1 fully saturated rings. The maximum absolute atomic E-state index is 11.8. The van der Waals surface area contributed by atoms with Gasteiger partial charge in [0, 0.05) is 18.8 Å². The van der Waals surface area contributed by atoms with Crippen LogP contribution in [0.4, 0.5) is 18.0 Å². The van der Waals surface area contributed by atoms with Gasteiger partial charge in [-0.05, 0) is 24.6 Å². The summed E-state index contributed by atoms with van der Waals surface area (Å²) in [4.78, 5) is 23.9. The second-order valence-electron chi connectivity index (χ2n) is 3.77. The number of hydrogen-bond acceptors (Lipinski definition) is 3. The summed E-state index contributed by atoms with van der Waals surface area (Å²) in [5, 5.41) is 2.37. The van der Waals surface area contributed by atoms with Gasteiger partial charge >= 0.3 is 11.5 Å². The number of thioether (sulfide) groups is 1. The Hall–Kier alpha value is -1.12. The number of rotatable bonds is 4. The van der Waals surface area contributed by atoms with E-state index in [-0.39, 0.29) is 24.1 Å². The second kappa shape index (κ2) is 6.17. The Morgan fingerprint density at radius 2 is 2.11 bits per heavy atom. The molecule has 3 amide bonds. The van der Waals surface area contributed by atoms with E-state index in [4.69, 9.17) is 5.73 Å². The van der Waals surface area contributed by atoms with Crippen LogP contribution in [0.15, 0.2) is 0 Å². The molecule has 1 heterocycles. The summed E-state index contributed by atoms with van der Waals surface area (Å²) in [7, 11) is 0. The first kappa shape index (κ1) is 14.9. The minimum atomic E-state index is -4.29. The lowest BCUT2D eigenvalue weighted by Crippen LogP contribution is -2.48. The van der Waals surface area contributed by atoms with Gasteiger partial charge < -0.3 is 16.0 Å². The van der Waals surface area contributed by atoms with Gasteiger partial charge in [-0.1, -0.05) is 0 Å². The zero-order chi connectivity index (χ0) is 13.8. The molecule has 0 radical (unpaired) electrons. The SMILES string of the molecule is NC(=O)N1CCC[C@H]1C(=O)NCCSC(F)(F)F. The van der Waals surface area contributed by atoms with Crippen LogP contribution in [0.3, 0.4) is 0 Å². The number of amides is 3. The van der Waals surface area contributed by atoms with Crippen LogP contribution in [0.5, 0.6) is 0 Å². The number of nitrogens with one attached hydrogen (secondary N) is 1. The topological polar surface area (TPSA) is 75.4 Å². The standard InChI is InChI=1S/C9H14F3N3O2S/c10-9(11,12)18-5-3-14-7(16)6-2-1-4-15(6)8(13)17/h6H,1-5H2,(H2,13,17)(H,14,16)/t6-/m0/s1. The van der Waals surface area contributed by atoms with Crippen molar-refractivity contribution in [1.82, 2.24) is 10.2 Å². The average Bonchev–Trinajstić information content (AvgIpc) is 2.71. The van der Waals surface area contributed by atoms with Crippen LogP contribution in [0.25, 0.3) is 0 Å². The number of nitrogens with zero attached hydrogens (tertiary/aromatic N) is 1. The first-order chi connectivity index (χ1) is 8.31. The van der Waals surface area contributed by atoms with Gasteiger partial charge in [0.25, 0.3) is 0 Å². The molecule has 0 saturated carbocycles. The summed E-state index contributed by atoms with van der Waals surface area (Å²) < 4.78 is 35.5. The third-order valence-corrected chi connectivity index (χ3v) is 3.24. The van der Waals surface area contributed by atoms with E-state index in [2.05, 4.69) is 5.32 Å². The number of alkyl halides is 3. The summed E-state index contributed by atoms with van der Waals surface area (Å²) in [6.07, 6.45) is 1.15. The molecule has 0 bridgehead atoms. The number of halogens is 3. The number of hydrogen-bond donors (Lipinski definition) is 2. The Morgan fingerprint density at radius 3 is 2.67 bits per heavy atom. The maximum Gasteiger partial charge on any atom is 0.441 e. The molecule has 9 heteroatoms. The molecule has 1 atom stereocenters. The predicted octanol–water partition coefficient (Wildman–Crippen LogP) is 0.899. The molecule has 0 aromatic carbocycles. The summed E-state index contributed by atoms with van der Waals surface area (Å²) in [5.41, 5.74) is 0.798. The highest BCUT2D eigenvalue weighted by Gasteiger charge is 2.33. The third-order valence-electron chi connectivity index (χ3n) is 2.51. The number of likely N-dealkylation sites (tertiary alicyclic amines) is 1. The first-order valence-electron chi connectivity index (χ1n) is 5.36. The second-order valence-corrected chi connectivity index (χ2v) is 4.93. The summed E-state index contributed by atoms with van der Waals surface area (Å²) in [6.45, 7) is 0.316. The van der Waals surface area contributed by atoms with Crippen molar-refractivity contribution < 1.29 is 22.8 Å². The molecule has 3 N–H and O–H groups in total. The number of carbonyl (C=O) groups is 2. The predicted molar refractivity (Wildman–Crippen MR) is 60.8 cm³/mol. The van der Waals surface area contributed by atoms with Crippen LogP contribution in [0.2, 0.25) is 0 Å². The van der Waals surface area contributed by atoms with Crippen molar-refractivity contribution in [1.29, 1.82) is 0 Å². The highest BCUT2D eigenvalue weighted by Crippen LogP contribution is 2.29. The minimum absolute atomic E-state index is 0.0912. The van der Waals surface area contributed by atoms with Gasteiger partial charge in [0.1, 0.15) is 6.04 Å². The van der Waals surface area contributed by atoms with E-state index < -0.39 is 23.5 Å². The fraction of sp³-hybridized carbons (Fsp3) is 0.778. The minimum Gasteiger partial charge on any atom is -0.353 e. The third kappa shape index (κ3) is 4.63. The van der Waals surface area contributed by atoms with Crippen molar-refractivity contribution >= 4 is 23.7 Å². The number of carbonyl (C=O) groups excluding carboxylic acids is 2. The van der Waals surface area contributed by atoms with Crippen molar-refractivity contribution in [2.75, 3.05) is 18.8 Å². The van der Waals surface area contributed by atoms with Crippen molar-refractivity contribution in [2.24, 2.45) is 5.73 Å². The van der Waals surface area contributed by atoms with E-state index in [0.717, 1.165) is 0 Å². The Labute approximate surface area is 106 Å². The molecule has 0 aromatic rings. The molecule has 18 heavy (non-hydrogen) atoms. The van der Waals surface area contributed by atoms with E-state index >= 15 is 0 Å². The van der Waals surface area contributed by atoms with Gasteiger partial charge in [0.15, 0.2) is 0 Å².